The molecule has 1 rings (SSSR count). The molecule has 22 heavy (non-hydrogen) atoms. The van der Waals surface area contributed by atoms with Crippen molar-refractivity contribution in [3.63, 3.8) is 0 Å². The Bertz CT molecular complexity index is 570. The van der Waals surface area contributed by atoms with Crippen LogP contribution in [0.1, 0.15) is 25.3 Å². The Kier molecular flexibility index (Phi) is 7.34. The van der Waals surface area contributed by atoms with E-state index in [4.69, 9.17) is 4.74 Å². The quantitative estimate of drug-likeness (QED) is 0.743. The highest BCUT2D eigenvalue weighted by Crippen LogP contribution is 2.11. The van der Waals surface area contributed by atoms with Gasteiger partial charge in [-0.1, -0.05) is 19.1 Å². The van der Waals surface area contributed by atoms with Crippen molar-refractivity contribution in [2.75, 3.05) is 26.5 Å². The van der Waals surface area contributed by atoms with Crippen LogP contribution in [0, 0.1) is 0 Å². The third kappa shape index (κ3) is 6.44. The number of methoxy groups -OCH3 is 1. The van der Waals surface area contributed by atoms with Crippen LogP contribution >= 0.6 is 0 Å². The number of rotatable bonds is 9. The van der Waals surface area contributed by atoms with Crippen LogP contribution in [0.15, 0.2) is 24.3 Å². The number of hydrogen-bond donors (Lipinski definition) is 1. The first-order chi connectivity index (χ1) is 10.4. The average molecular weight is 328 g/mol. The molecule has 1 N–H and O–H groups in total. The van der Waals surface area contributed by atoms with Gasteiger partial charge in [-0.3, -0.25) is 4.79 Å². The molecule has 0 heterocycles. The molecule has 0 aliphatic carbocycles. The van der Waals surface area contributed by atoms with Crippen LogP contribution in [0.25, 0.3) is 0 Å². The molecule has 124 valence electrons. The summed E-state index contributed by atoms with van der Waals surface area (Å²) in [5, 5.41) is 2.78. The third-order valence-electron chi connectivity index (χ3n) is 3.18. The van der Waals surface area contributed by atoms with Gasteiger partial charge in [0.2, 0.25) is 15.9 Å². The predicted octanol–water partition coefficient (Wildman–Crippen LogP) is 1.37. The first kappa shape index (κ1) is 18.4. The van der Waals surface area contributed by atoms with Crippen molar-refractivity contribution in [1.29, 1.82) is 0 Å². The van der Waals surface area contributed by atoms with Gasteiger partial charge in [0.1, 0.15) is 5.75 Å². The summed E-state index contributed by atoms with van der Waals surface area (Å²) < 4.78 is 29.5. The summed E-state index contributed by atoms with van der Waals surface area (Å²) in [6.07, 6.45) is 2.04. The van der Waals surface area contributed by atoms with E-state index in [9.17, 15) is 13.2 Å². The topological polar surface area (TPSA) is 75.7 Å². The maximum Gasteiger partial charge on any atom is 0.221 e. The van der Waals surface area contributed by atoms with E-state index in [1.54, 1.807) is 7.11 Å². The van der Waals surface area contributed by atoms with Crippen molar-refractivity contribution in [1.82, 2.24) is 9.62 Å². The second kappa shape index (κ2) is 8.75. The SMILES string of the molecule is CCCN(CCC(=O)NCc1ccc(OC)cc1)S(C)(=O)=O. The number of sulfonamides is 1. The summed E-state index contributed by atoms with van der Waals surface area (Å²) in [4.78, 5) is 11.8. The summed E-state index contributed by atoms with van der Waals surface area (Å²) in [6, 6.07) is 7.40. The number of nitrogens with one attached hydrogen (secondary N) is 1. The van der Waals surface area contributed by atoms with Gasteiger partial charge in [0.25, 0.3) is 0 Å². The summed E-state index contributed by atoms with van der Waals surface area (Å²) in [7, 11) is -1.66. The second-order valence-electron chi connectivity index (χ2n) is 5.04. The van der Waals surface area contributed by atoms with Gasteiger partial charge in [-0.15, -0.1) is 0 Å². The van der Waals surface area contributed by atoms with Crippen LogP contribution in [0.3, 0.4) is 0 Å². The minimum atomic E-state index is -3.26. The lowest BCUT2D eigenvalue weighted by atomic mass is 10.2. The van der Waals surface area contributed by atoms with E-state index in [2.05, 4.69) is 5.32 Å². The lowest BCUT2D eigenvalue weighted by molar-refractivity contribution is -0.121. The summed E-state index contributed by atoms with van der Waals surface area (Å²) in [6.45, 7) is 2.96. The Morgan fingerprint density at radius 1 is 1.23 bits per heavy atom. The van der Waals surface area contributed by atoms with E-state index >= 15 is 0 Å². The molecule has 0 spiro atoms. The van der Waals surface area contributed by atoms with Gasteiger partial charge in [0, 0.05) is 26.1 Å². The fraction of sp³-hybridized carbons (Fsp3) is 0.533. The van der Waals surface area contributed by atoms with Crippen LogP contribution in [0.4, 0.5) is 0 Å². The third-order valence-corrected chi connectivity index (χ3v) is 4.48. The van der Waals surface area contributed by atoms with E-state index < -0.39 is 10.0 Å². The number of ether oxygens (including phenoxy) is 1. The van der Waals surface area contributed by atoms with Crippen LogP contribution in [0.2, 0.25) is 0 Å². The summed E-state index contributed by atoms with van der Waals surface area (Å²) in [5.74, 6) is 0.596. The lowest BCUT2D eigenvalue weighted by Gasteiger charge is -2.18. The summed E-state index contributed by atoms with van der Waals surface area (Å²) in [5.41, 5.74) is 0.961. The van der Waals surface area contributed by atoms with Crippen molar-refractivity contribution in [3.05, 3.63) is 29.8 Å². The molecule has 6 nitrogen and oxygen atoms in total. The minimum Gasteiger partial charge on any atom is -0.497 e. The molecule has 1 aromatic carbocycles. The number of carbonyl (C=O) groups excluding carboxylic acids is 1. The van der Waals surface area contributed by atoms with E-state index in [0.29, 0.717) is 13.1 Å². The van der Waals surface area contributed by atoms with Gasteiger partial charge in [-0.05, 0) is 24.1 Å². The van der Waals surface area contributed by atoms with E-state index in [1.807, 2.05) is 31.2 Å². The standard InChI is InChI=1S/C15H24N2O4S/c1-4-10-17(22(3,19)20)11-9-15(18)16-12-13-5-7-14(21-2)8-6-13/h5-8H,4,9-12H2,1-3H3,(H,16,18). The number of carbonyl (C=O) groups is 1. The van der Waals surface area contributed by atoms with Crippen molar-refractivity contribution in [2.45, 2.75) is 26.3 Å². The molecule has 0 bridgehead atoms. The fourth-order valence-electron chi connectivity index (χ4n) is 1.95. The van der Waals surface area contributed by atoms with Crippen molar-refractivity contribution in [2.24, 2.45) is 0 Å². The molecule has 0 unspecified atom stereocenters. The lowest BCUT2D eigenvalue weighted by Crippen LogP contribution is -2.35. The molecular weight excluding hydrogens is 304 g/mol. The zero-order valence-electron chi connectivity index (χ0n) is 13.3. The Morgan fingerprint density at radius 3 is 2.36 bits per heavy atom. The van der Waals surface area contributed by atoms with Crippen molar-refractivity contribution < 1.29 is 17.9 Å². The highest BCUT2D eigenvalue weighted by molar-refractivity contribution is 7.88. The van der Waals surface area contributed by atoms with Crippen molar-refractivity contribution >= 4 is 15.9 Å². The van der Waals surface area contributed by atoms with Crippen LogP contribution < -0.4 is 10.1 Å². The first-order valence-electron chi connectivity index (χ1n) is 7.21. The highest BCUT2D eigenvalue weighted by Gasteiger charge is 2.16. The van der Waals surface area contributed by atoms with Gasteiger partial charge in [0.15, 0.2) is 0 Å². The number of hydrogen-bond acceptors (Lipinski definition) is 4. The van der Waals surface area contributed by atoms with Gasteiger partial charge >= 0.3 is 0 Å². The highest BCUT2D eigenvalue weighted by atomic mass is 32.2. The molecule has 0 aliphatic rings. The fourth-order valence-corrected chi connectivity index (χ4v) is 2.89. The largest absolute Gasteiger partial charge is 0.497 e. The minimum absolute atomic E-state index is 0.156. The Balaban J connectivity index is 2.42. The number of benzene rings is 1. The molecule has 1 aromatic rings. The molecule has 1 amide bonds. The van der Waals surface area contributed by atoms with Crippen LogP contribution in [-0.2, 0) is 21.4 Å². The molecule has 0 saturated heterocycles. The van der Waals surface area contributed by atoms with Gasteiger partial charge in [-0.25, -0.2) is 12.7 Å². The van der Waals surface area contributed by atoms with Gasteiger partial charge in [0.05, 0.1) is 13.4 Å². The predicted molar refractivity (Wildman–Crippen MR) is 86.2 cm³/mol. The summed E-state index contributed by atoms with van der Waals surface area (Å²) >= 11 is 0. The molecule has 0 atom stereocenters. The van der Waals surface area contributed by atoms with Crippen LogP contribution in [0.5, 0.6) is 5.75 Å². The molecule has 0 aromatic heterocycles. The first-order valence-corrected chi connectivity index (χ1v) is 9.06. The Morgan fingerprint density at radius 2 is 1.86 bits per heavy atom. The number of nitrogens with zero attached hydrogens (tertiary/aromatic N) is 1. The van der Waals surface area contributed by atoms with Gasteiger partial charge in [-0.2, -0.15) is 0 Å². The molecule has 0 fully saturated rings. The zero-order chi connectivity index (χ0) is 16.6. The molecule has 0 radical (unpaired) electrons. The Hall–Kier alpha value is -1.60. The second-order valence-corrected chi connectivity index (χ2v) is 7.02. The van der Waals surface area contributed by atoms with Gasteiger partial charge < -0.3 is 10.1 Å². The average Bonchev–Trinajstić information content (AvgIpc) is 2.48. The monoisotopic (exact) mass is 328 g/mol. The van der Waals surface area contributed by atoms with Crippen molar-refractivity contribution in [3.8, 4) is 5.75 Å². The molecular formula is C15H24N2O4S. The normalized spacial score (nSPS) is 11.5. The number of amides is 1. The Labute approximate surface area is 132 Å². The molecule has 7 heteroatoms. The van der Waals surface area contributed by atoms with Crippen LogP contribution in [-0.4, -0.2) is 45.1 Å². The maximum absolute atomic E-state index is 11.8. The van der Waals surface area contributed by atoms with E-state index in [0.717, 1.165) is 24.0 Å². The molecule has 0 aliphatic heterocycles. The molecule has 0 saturated carbocycles. The smallest absolute Gasteiger partial charge is 0.221 e. The zero-order valence-corrected chi connectivity index (χ0v) is 14.1. The van der Waals surface area contributed by atoms with E-state index in [-0.39, 0.29) is 18.9 Å². The van der Waals surface area contributed by atoms with E-state index in [1.165, 1.54) is 4.31 Å². The maximum atomic E-state index is 11.8.